The van der Waals surface area contributed by atoms with Crippen LogP contribution in [0.15, 0.2) is 29.8 Å². The first-order valence-corrected chi connectivity index (χ1v) is 9.50. The number of ether oxygens (including phenoxy) is 2. The number of allylic oxidation sites excluding steroid dienone is 1. The van der Waals surface area contributed by atoms with Crippen molar-refractivity contribution in [3.05, 3.63) is 52.4 Å². The van der Waals surface area contributed by atoms with E-state index in [1.165, 1.54) is 0 Å². The first-order valence-electron chi connectivity index (χ1n) is 9.50. The number of carbonyl (C=O) groups is 1. The maximum absolute atomic E-state index is 13.1. The van der Waals surface area contributed by atoms with Crippen LogP contribution in [0.3, 0.4) is 0 Å². The van der Waals surface area contributed by atoms with Gasteiger partial charge in [-0.15, -0.1) is 0 Å². The molecule has 1 aromatic heterocycles. The number of rotatable bonds is 8. The van der Waals surface area contributed by atoms with Gasteiger partial charge in [0.05, 0.1) is 13.2 Å². The number of aromatic nitrogens is 1. The second kappa shape index (κ2) is 9.27. The summed E-state index contributed by atoms with van der Waals surface area (Å²) in [5.74, 6) is 0.807. The Labute approximate surface area is 167 Å². The summed E-state index contributed by atoms with van der Waals surface area (Å²) in [6, 6.07) is 9.33. The van der Waals surface area contributed by atoms with Crippen molar-refractivity contribution in [3.8, 4) is 17.6 Å². The molecule has 5 heteroatoms. The number of methoxy groups -OCH3 is 1. The highest BCUT2D eigenvalue weighted by Crippen LogP contribution is 2.34. The SMILES string of the molecule is CCCn1c(C)cc(C(=O)/C(C#N)=C/c2cccc(OC)c2OC(C)C)c1C. The Hall–Kier alpha value is -3.00. The van der Waals surface area contributed by atoms with E-state index in [0.717, 1.165) is 24.4 Å². The van der Waals surface area contributed by atoms with Crippen molar-refractivity contribution in [2.75, 3.05) is 7.11 Å². The number of Topliss-reactive ketones (excluding diaryl/α,β-unsaturated/α-hetero) is 1. The second-order valence-electron chi connectivity index (χ2n) is 6.98. The maximum atomic E-state index is 13.1. The monoisotopic (exact) mass is 380 g/mol. The summed E-state index contributed by atoms with van der Waals surface area (Å²) in [4.78, 5) is 13.1. The molecular formula is C23H28N2O3. The molecule has 0 aliphatic carbocycles. The number of nitriles is 1. The number of ketones is 1. The molecule has 0 aliphatic rings. The van der Waals surface area contributed by atoms with Crippen LogP contribution in [0.2, 0.25) is 0 Å². The van der Waals surface area contributed by atoms with E-state index in [4.69, 9.17) is 9.47 Å². The number of hydrogen-bond acceptors (Lipinski definition) is 4. The molecule has 0 bridgehead atoms. The van der Waals surface area contributed by atoms with Crippen LogP contribution in [0.1, 0.15) is 54.5 Å². The van der Waals surface area contributed by atoms with Gasteiger partial charge in [0.25, 0.3) is 0 Å². The Kier molecular flexibility index (Phi) is 7.06. The van der Waals surface area contributed by atoms with E-state index >= 15 is 0 Å². The number of benzene rings is 1. The van der Waals surface area contributed by atoms with Crippen LogP contribution in [-0.2, 0) is 6.54 Å². The fraction of sp³-hybridized carbons (Fsp3) is 0.391. The van der Waals surface area contributed by atoms with Crippen molar-refractivity contribution < 1.29 is 14.3 Å². The topological polar surface area (TPSA) is 64.2 Å². The normalized spacial score (nSPS) is 11.4. The van der Waals surface area contributed by atoms with Gasteiger partial charge in [-0.3, -0.25) is 4.79 Å². The van der Waals surface area contributed by atoms with Crippen LogP contribution in [-0.4, -0.2) is 23.6 Å². The summed E-state index contributed by atoms with van der Waals surface area (Å²) >= 11 is 0. The lowest BCUT2D eigenvalue weighted by Crippen LogP contribution is -2.09. The van der Waals surface area contributed by atoms with Crippen molar-refractivity contribution in [2.45, 2.75) is 53.7 Å². The molecule has 5 nitrogen and oxygen atoms in total. The highest BCUT2D eigenvalue weighted by atomic mass is 16.5. The van der Waals surface area contributed by atoms with E-state index in [9.17, 15) is 10.1 Å². The Balaban J connectivity index is 2.52. The molecule has 0 aliphatic heterocycles. The summed E-state index contributed by atoms with van der Waals surface area (Å²) in [6.07, 6.45) is 2.48. The molecule has 148 valence electrons. The van der Waals surface area contributed by atoms with E-state index in [0.29, 0.717) is 22.6 Å². The summed E-state index contributed by atoms with van der Waals surface area (Å²) in [6.45, 7) is 10.7. The van der Waals surface area contributed by atoms with E-state index in [1.807, 2.05) is 45.9 Å². The molecule has 0 amide bonds. The number of hydrogen-bond donors (Lipinski definition) is 0. The molecule has 2 aromatic rings. The predicted molar refractivity (Wildman–Crippen MR) is 111 cm³/mol. The van der Waals surface area contributed by atoms with Crippen molar-refractivity contribution in [2.24, 2.45) is 0 Å². The Morgan fingerprint density at radius 3 is 2.61 bits per heavy atom. The molecule has 0 atom stereocenters. The standard InChI is InChI=1S/C23H28N2O3/c1-7-11-25-16(4)12-20(17(25)5)22(26)19(14-24)13-18-9-8-10-21(27-6)23(18)28-15(2)3/h8-10,12-13,15H,7,11H2,1-6H3/b19-13+. The number of aryl methyl sites for hydroxylation is 1. The predicted octanol–water partition coefficient (Wildman–Crippen LogP) is 5.10. The van der Waals surface area contributed by atoms with Crippen molar-refractivity contribution in [1.29, 1.82) is 5.26 Å². The van der Waals surface area contributed by atoms with Gasteiger partial charge in [-0.1, -0.05) is 19.1 Å². The van der Waals surface area contributed by atoms with E-state index in [2.05, 4.69) is 17.6 Å². The largest absolute Gasteiger partial charge is 0.493 e. The number of carbonyl (C=O) groups excluding carboxylic acids is 1. The molecule has 0 saturated carbocycles. The number of para-hydroxylation sites is 1. The van der Waals surface area contributed by atoms with E-state index in [-0.39, 0.29) is 17.5 Å². The maximum Gasteiger partial charge on any atom is 0.205 e. The molecule has 1 aromatic carbocycles. The Morgan fingerprint density at radius 1 is 1.32 bits per heavy atom. The molecular weight excluding hydrogens is 352 g/mol. The molecule has 0 unspecified atom stereocenters. The van der Waals surface area contributed by atoms with E-state index in [1.54, 1.807) is 19.3 Å². The summed E-state index contributed by atoms with van der Waals surface area (Å²) < 4.78 is 13.4. The third-order valence-corrected chi connectivity index (χ3v) is 4.51. The lowest BCUT2D eigenvalue weighted by atomic mass is 10.0. The van der Waals surface area contributed by atoms with Gasteiger partial charge >= 0.3 is 0 Å². The van der Waals surface area contributed by atoms with Gasteiger partial charge in [-0.2, -0.15) is 5.26 Å². The van der Waals surface area contributed by atoms with Crippen LogP contribution >= 0.6 is 0 Å². The average Bonchev–Trinajstić information content (AvgIpc) is 2.94. The number of nitrogens with zero attached hydrogens (tertiary/aromatic N) is 2. The zero-order valence-electron chi connectivity index (χ0n) is 17.5. The van der Waals surface area contributed by atoms with Crippen LogP contribution in [0.4, 0.5) is 0 Å². The minimum atomic E-state index is -0.281. The van der Waals surface area contributed by atoms with Crippen LogP contribution in [0.5, 0.6) is 11.5 Å². The minimum absolute atomic E-state index is 0.0682. The third kappa shape index (κ3) is 4.45. The van der Waals surface area contributed by atoms with Crippen molar-refractivity contribution in [3.63, 3.8) is 0 Å². The summed E-state index contributed by atoms with van der Waals surface area (Å²) in [5, 5.41) is 9.67. The Morgan fingerprint density at radius 2 is 2.04 bits per heavy atom. The van der Waals surface area contributed by atoms with Gasteiger partial charge in [0.1, 0.15) is 11.6 Å². The first kappa shape index (κ1) is 21.3. The average molecular weight is 380 g/mol. The molecule has 0 saturated heterocycles. The summed E-state index contributed by atoms with van der Waals surface area (Å²) in [7, 11) is 1.56. The molecule has 2 rings (SSSR count). The molecule has 0 fully saturated rings. The fourth-order valence-corrected chi connectivity index (χ4v) is 3.22. The van der Waals surface area contributed by atoms with Gasteiger partial charge in [0, 0.05) is 29.1 Å². The Bertz CT molecular complexity index is 930. The highest BCUT2D eigenvalue weighted by Gasteiger charge is 2.20. The molecule has 0 radical (unpaired) electrons. The van der Waals surface area contributed by atoms with Gasteiger partial charge in [0.2, 0.25) is 5.78 Å². The molecule has 28 heavy (non-hydrogen) atoms. The molecule has 0 spiro atoms. The first-order chi connectivity index (χ1) is 13.3. The quantitative estimate of drug-likeness (QED) is 0.363. The van der Waals surface area contributed by atoms with Gasteiger partial charge < -0.3 is 14.0 Å². The molecule has 1 heterocycles. The van der Waals surface area contributed by atoms with Crippen LogP contribution in [0.25, 0.3) is 6.08 Å². The van der Waals surface area contributed by atoms with Gasteiger partial charge in [0.15, 0.2) is 11.5 Å². The zero-order valence-corrected chi connectivity index (χ0v) is 17.5. The lowest BCUT2D eigenvalue weighted by molar-refractivity contribution is 0.103. The van der Waals surface area contributed by atoms with Crippen LogP contribution in [0, 0.1) is 25.2 Å². The highest BCUT2D eigenvalue weighted by molar-refractivity contribution is 6.15. The van der Waals surface area contributed by atoms with Crippen LogP contribution < -0.4 is 9.47 Å². The summed E-state index contributed by atoms with van der Waals surface area (Å²) in [5.41, 5.74) is 3.17. The van der Waals surface area contributed by atoms with Gasteiger partial charge in [-0.25, -0.2) is 0 Å². The van der Waals surface area contributed by atoms with Crippen molar-refractivity contribution >= 4 is 11.9 Å². The minimum Gasteiger partial charge on any atom is -0.493 e. The zero-order chi connectivity index (χ0) is 20.8. The van der Waals surface area contributed by atoms with E-state index < -0.39 is 0 Å². The molecule has 0 N–H and O–H groups in total. The second-order valence-corrected chi connectivity index (χ2v) is 6.98. The van der Waals surface area contributed by atoms with Gasteiger partial charge in [-0.05, 0) is 52.3 Å². The third-order valence-electron chi connectivity index (χ3n) is 4.51. The van der Waals surface area contributed by atoms with Crippen molar-refractivity contribution in [1.82, 2.24) is 4.57 Å². The lowest BCUT2D eigenvalue weighted by Gasteiger charge is -2.16. The smallest absolute Gasteiger partial charge is 0.205 e. The fourth-order valence-electron chi connectivity index (χ4n) is 3.22.